The fraction of sp³-hybridized carbons (Fsp3) is 0.0833. The number of rotatable bonds is 2. The topological polar surface area (TPSA) is 114 Å². The van der Waals surface area contributed by atoms with Crippen LogP contribution in [0.5, 0.6) is 0 Å². The molecule has 2 rings (SSSR count). The number of nitrogens with zero attached hydrogens (tertiary/aromatic N) is 1. The summed E-state index contributed by atoms with van der Waals surface area (Å²) in [4.78, 5) is 25.1. The molecule has 0 amide bonds. The van der Waals surface area contributed by atoms with E-state index in [-0.39, 0.29) is 22.0 Å². The maximum atomic E-state index is 11.7. The van der Waals surface area contributed by atoms with Crippen molar-refractivity contribution in [2.75, 3.05) is 0 Å². The van der Waals surface area contributed by atoms with Gasteiger partial charge in [-0.3, -0.25) is 4.79 Å². The van der Waals surface area contributed by atoms with Gasteiger partial charge in [-0.15, -0.1) is 0 Å². The summed E-state index contributed by atoms with van der Waals surface area (Å²) in [6.07, 6.45) is -1.50. The molecule has 0 saturated heterocycles. The van der Waals surface area contributed by atoms with Crippen molar-refractivity contribution in [3.63, 3.8) is 0 Å². The van der Waals surface area contributed by atoms with E-state index in [0.717, 1.165) is 0 Å². The first-order valence-electron chi connectivity index (χ1n) is 5.01. The van der Waals surface area contributed by atoms with Crippen molar-refractivity contribution in [1.29, 1.82) is 5.26 Å². The number of aliphatic hydroxyl groups is 1. The van der Waals surface area contributed by atoms with Crippen molar-refractivity contribution in [3.05, 3.63) is 45.9 Å². The van der Waals surface area contributed by atoms with E-state index in [9.17, 15) is 14.7 Å². The van der Waals surface area contributed by atoms with Crippen molar-refractivity contribution < 1.29 is 15.0 Å². The van der Waals surface area contributed by atoms with Crippen LogP contribution in [0, 0.1) is 11.3 Å². The SMILES string of the molecule is N#CC(O)c1cc2c(C(=O)O)cccc2c(=O)[nH]1. The van der Waals surface area contributed by atoms with E-state index in [1.165, 1.54) is 24.3 Å². The van der Waals surface area contributed by atoms with E-state index in [1.54, 1.807) is 6.07 Å². The van der Waals surface area contributed by atoms with Gasteiger partial charge in [0.05, 0.1) is 11.3 Å². The number of aliphatic hydroxyl groups excluding tert-OH is 1. The van der Waals surface area contributed by atoms with Gasteiger partial charge >= 0.3 is 5.97 Å². The monoisotopic (exact) mass is 244 g/mol. The number of pyridine rings is 1. The summed E-state index contributed by atoms with van der Waals surface area (Å²) in [6, 6.07) is 7.15. The number of benzene rings is 1. The molecule has 0 aliphatic rings. The van der Waals surface area contributed by atoms with Crippen LogP contribution in [0.25, 0.3) is 10.8 Å². The van der Waals surface area contributed by atoms with Crippen molar-refractivity contribution in [2.45, 2.75) is 6.10 Å². The van der Waals surface area contributed by atoms with Gasteiger partial charge in [0, 0.05) is 10.8 Å². The number of carboxylic acid groups (broad SMARTS) is 1. The Morgan fingerprint density at radius 3 is 2.72 bits per heavy atom. The Kier molecular flexibility index (Phi) is 2.83. The zero-order chi connectivity index (χ0) is 13.3. The predicted octanol–water partition coefficient (Wildman–Crippen LogP) is 0.783. The Hall–Kier alpha value is -2.65. The van der Waals surface area contributed by atoms with Gasteiger partial charge in [0.25, 0.3) is 5.56 Å². The van der Waals surface area contributed by atoms with E-state index >= 15 is 0 Å². The largest absolute Gasteiger partial charge is 0.478 e. The summed E-state index contributed by atoms with van der Waals surface area (Å²) < 4.78 is 0. The van der Waals surface area contributed by atoms with Crippen LogP contribution < -0.4 is 5.56 Å². The van der Waals surface area contributed by atoms with Crippen molar-refractivity contribution >= 4 is 16.7 Å². The molecule has 90 valence electrons. The lowest BCUT2D eigenvalue weighted by Crippen LogP contribution is -2.13. The molecule has 1 aromatic carbocycles. The fourth-order valence-corrected chi connectivity index (χ4v) is 1.71. The smallest absolute Gasteiger partial charge is 0.336 e. The number of aromatic amines is 1. The molecule has 18 heavy (non-hydrogen) atoms. The lowest BCUT2D eigenvalue weighted by molar-refractivity contribution is 0.0699. The van der Waals surface area contributed by atoms with Crippen molar-refractivity contribution in [1.82, 2.24) is 4.98 Å². The van der Waals surface area contributed by atoms with Crippen LogP contribution in [-0.4, -0.2) is 21.2 Å². The molecular formula is C12H8N2O4. The predicted molar refractivity (Wildman–Crippen MR) is 62.1 cm³/mol. The van der Waals surface area contributed by atoms with Crippen LogP contribution in [0.2, 0.25) is 0 Å². The highest BCUT2D eigenvalue weighted by Gasteiger charge is 2.14. The van der Waals surface area contributed by atoms with E-state index < -0.39 is 17.6 Å². The second-order valence-corrected chi connectivity index (χ2v) is 3.66. The third-order valence-electron chi connectivity index (χ3n) is 2.56. The molecule has 1 aromatic heterocycles. The number of hydrogen-bond donors (Lipinski definition) is 3. The molecule has 1 heterocycles. The zero-order valence-corrected chi connectivity index (χ0v) is 9.04. The molecule has 6 heteroatoms. The molecule has 2 aromatic rings. The van der Waals surface area contributed by atoms with Crippen LogP contribution in [0.4, 0.5) is 0 Å². The van der Waals surface area contributed by atoms with Gasteiger partial charge in [0.15, 0.2) is 6.10 Å². The number of carboxylic acids is 1. The summed E-state index contributed by atoms with van der Waals surface area (Å²) in [6.45, 7) is 0. The highest BCUT2D eigenvalue weighted by Crippen LogP contribution is 2.19. The van der Waals surface area contributed by atoms with Gasteiger partial charge in [-0.05, 0) is 18.2 Å². The van der Waals surface area contributed by atoms with Crippen molar-refractivity contribution in [3.8, 4) is 6.07 Å². The Labute approximate surface area is 101 Å². The standard InChI is InChI=1S/C12H8N2O4/c13-5-10(15)9-4-8-6(11(16)14-9)2-1-3-7(8)12(17)18/h1-4,10,15H,(H,14,16)(H,17,18). The maximum absolute atomic E-state index is 11.7. The molecule has 0 fully saturated rings. The van der Waals surface area contributed by atoms with Crippen LogP contribution >= 0.6 is 0 Å². The van der Waals surface area contributed by atoms with Crippen LogP contribution in [0.1, 0.15) is 22.2 Å². The van der Waals surface area contributed by atoms with E-state index in [1.807, 2.05) is 0 Å². The molecule has 0 radical (unpaired) electrons. The Morgan fingerprint density at radius 2 is 2.11 bits per heavy atom. The van der Waals surface area contributed by atoms with Crippen LogP contribution in [0.15, 0.2) is 29.1 Å². The first-order valence-corrected chi connectivity index (χ1v) is 5.01. The van der Waals surface area contributed by atoms with E-state index in [0.29, 0.717) is 0 Å². The molecule has 0 aliphatic heterocycles. The number of aromatic nitrogens is 1. The van der Waals surface area contributed by atoms with E-state index in [4.69, 9.17) is 10.4 Å². The summed E-state index contributed by atoms with van der Waals surface area (Å²) in [5.41, 5.74) is -0.617. The number of nitrogens with one attached hydrogen (secondary N) is 1. The number of hydrogen-bond acceptors (Lipinski definition) is 4. The van der Waals surface area contributed by atoms with Crippen molar-refractivity contribution in [2.24, 2.45) is 0 Å². The average molecular weight is 244 g/mol. The Bertz CT molecular complexity index is 727. The van der Waals surface area contributed by atoms with Gasteiger partial charge < -0.3 is 15.2 Å². The first-order chi connectivity index (χ1) is 8.54. The zero-order valence-electron chi connectivity index (χ0n) is 9.04. The number of fused-ring (bicyclic) bond motifs is 1. The normalized spacial score (nSPS) is 12.0. The second kappa shape index (κ2) is 4.31. The van der Waals surface area contributed by atoms with Gasteiger partial charge in [0.1, 0.15) is 6.07 Å². The molecule has 0 saturated carbocycles. The maximum Gasteiger partial charge on any atom is 0.336 e. The number of aromatic carboxylic acids is 1. The van der Waals surface area contributed by atoms with Gasteiger partial charge in [-0.25, -0.2) is 4.79 Å². The number of H-pyrrole nitrogens is 1. The molecular weight excluding hydrogens is 236 g/mol. The highest BCUT2D eigenvalue weighted by atomic mass is 16.4. The summed E-state index contributed by atoms with van der Waals surface area (Å²) in [7, 11) is 0. The molecule has 1 unspecified atom stereocenters. The third-order valence-corrected chi connectivity index (χ3v) is 2.56. The van der Waals surface area contributed by atoms with Gasteiger partial charge in [-0.1, -0.05) is 6.07 Å². The third kappa shape index (κ3) is 1.83. The lowest BCUT2D eigenvalue weighted by atomic mass is 10.0. The van der Waals surface area contributed by atoms with Crippen LogP contribution in [0.3, 0.4) is 0 Å². The second-order valence-electron chi connectivity index (χ2n) is 3.66. The quantitative estimate of drug-likeness (QED) is 0.675. The molecule has 3 N–H and O–H groups in total. The fourth-order valence-electron chi connectivity index (χ4n) is 1.71. The summed E-state index contributed by atoms with van der Waals surface area (Å²) >= 11 is 0. The molecule has 0 spiro atoms. The number of carbonyl (C=O) groups is 1. The average Bonchev–Trinajstić information content (AvgIpc) is 2.36. The highest BCUT2D eigenvalue weighted by molar-refractivity contribution is 6.03. The van der Waals surface area contributed by atoms with Gasteiger partial charge in [0.2, 0.25) is 0 Å². The van der Waals surface area contributed by atoms with E-state index in [2.05, 4.69) is 4.98 Å². The first kappa shape index (κ1) is 11.8. The lowest BCUT2D eigenvalue weighted by Gasteiger charge is -2.06. The summed E-state index contributed by atoms with van der Waals surface area (Å²) in [5, 5.41) is 27.4. The summed E-state index contributed by atoms with van der Waals surface area (Å²) in [5.74, 6) is -1.18. The minimum Gasteiger partial charge on any atom is -0.478 e. The molecule has 6 nitrogen and oxygen atoms in total. The minimum absolute atomic E-state index is 0.0244. The Morgan fingerprint density at radius 1 is 1.39 bits per heavy atom. The molecule has 0 bridgehead atoms. The molecule has 1 atom stereocenters. The Balaban J connectivity index is 2.86. The number of nitriles is 1. The van der Waals surface area contributed by atoms with Crippen LogP contribution in [-0.2, 0) is 0 Å². The minimum atomic E-state index is -1.50. The molecule has 0 aliphatic carbocycles. The van der Waals surface area contributed by atoms with Gasteiger partial charge in [-0.2, -0.15) is 5.26 Å².